The summed E-state index contributed by atoms with van der Waals surface area (Å²) in [5, 5.41) is 9.76. The summed E-state index contributed by atoms with van der Waals surface area (Å²) >= 11 is 0. The van der Waals surface area contributed by atoms with Crippen LogP contribution in [0.2, 0.25) is 0 Å². The van der Waals surface area contributed by atoms with Crippen LogP contribution in [0.5, 0.6) is 0 Å². The summed E-state index contributed by atoms with van der Waals surface area (Å²) < 4.78 is 0. The fourth-order valence-electron chi connectivity index (χ4n) is 2.58. The van der Waals surface area contributed by atoms with Crippen LogP contribution in [0.3, 0.4) is 0 Å². The normalized spacial score (nSPS) is 19.1. The molecule has 3 nitrogen and oxygen atoms in total. The van der Waals surface area contributed by atoms with Gasteiger partial charge >= 0.3 is 0 Å². The maximum Gasteiger partial charge on any atom is 0.0912 e. The van der Waals surface area contributed by atoms with Crippen molar-refractivity contribution in [3.63, 3.8) is 0 Å². The molecule has 0 amide bonds. The van der Waals surface area contributed by atoms with E-state index in [4.69, 9.17) is 0 Å². The lowest BCUT2D eigenvalue weighted by Crippen LogP contribution is -2.41. The molecule has 1 atom stereocenters. The molecule has 1 rings (SSSR count). The van der Waals surface area contributed by atoms with Gasteiger partial charge in [-0.25, -0.2) is 0 Å². The summed E-state index contributed by atoms with van der Waals surface area (Å²) in [5.74, 6) is 1.83. The van der Waals surface area contributed by atoms with E-state index in [9.17, 15) is 0 Å². The van der Waals surface area contributed by atoms with Gasteiger partial charge in [-0.05, 0) is 19.4 Å². The zero-order chi connectivity index (χ0) is 11.8. The van der Waals surface area contributed by atoms with Gasteiger partial charge in [0.1, 0.15) is 0 Å². The molecule has 0 bridgehead atoms. The summed E-state index contributed by atoms with van der Waals surface area (Å²) in [6, 6.07) is 0.507. The first-order valence-electron chi connectivity index (χ1n) is 6.54. The molecule has 0 saturated heterocycles. The minimum atomic E-state index is 0.507. The molecule has 0 aromatic rings. The molecule has 0 heterocycles. The first-order valence-corrected chi connectivity index (χ1v) is 6.54. The first-order chi connectivity index (χ1) is 7.76. The standard InChI is InChI=1S/C13H27N3/c1-11(15-3)16-13(10-14-2)9-12-7-5-4-6-8-12/h12-16H,1,4-10H2,2-3H3/t13-/m0/s1. The highest BCUT2D eigenvalue weighted by molar-refractivity contribution is 4.91. The number of nitrogens with one attached hydrogen (secondary N) is 3. The lowest BCUT2D eigenvalue weighted by atomic mass is 9.85. The monoisotopic (exact) mass is 225 g/mol. The topological polar surface area (TPSA) is 36.1 Å². The van der Waals surface area contributed by atoms with Crippen LogP contribution in [-0.4, -0.2) is 26.7 Å². The molecule has 1 aliphatic carbocycles. The zero-order valence-corrected chi connectivity index (χ0v) is 10.8. The summed E-state index contributed by atoms with van der Waals surface area (Å²) in [6.45, 7) is 4.95. The Morgan fingerprint density at radius 3 is 2.50 bits per heavy atom. The van der Waals surface area contributed by atoms with Crippen LogP contribution in [-0.2, 0) is 0 Å². The first kappa shape index (κ1) is 13.4. The summed E-state index contributed by atoms with van der Waals surface area (Å²) in [4.78, 5) is 0. The minimum Gasteiger partial charge on any atom is -0.375 e. The van der Waals surface area contributed by atoms with Crippen LogP contribution in [0.25, 0.3) is 0 Å². The second-order valence-electron chi connectivity index (χ2n) is 4.87. The predicted molar refractivity (Wildman–Crippen MR) is 70.2 cm³/mol. The number of rotatable bonds is 7. The van der Waals surface area contributed by atoms with Gasteiger partial charge < -0.3 is 16.0 Å². The van der Waals surface area contributed by atoms with Crippen LogP contribution in [0.4, 0.5) is 0 Å². The number of hydrogen-bond acceptors (Lipinski definition) is 3. The maximum absolute atomic E-state index is 3.94. The van der Waals surface area contributed by atoms with Gasteiger partial charge in [-0.3, -0.25) is 0 Å². The zero-order valence-electron chi connectivity index (χ0n) is 10.8. The molecule has 0 aromatic heterocycles. The van der Waals surface area contributed by atoms with E-state index in [2.05, 4.69) is 22.5 Å². The van der Waals surface area contributed by atoms with Crippen LogP contribution in [0.1, 0.15) is 38.5 Å². The molecular weight excluding hydrogens is 198 g/mol. The molecule has 16 heavy (non-hydrogen) atoms. The van der Waals surface area contributed by atoms with E-state index in [-0.39, 0.29) is 0 Å². The highest BCUT2D eigenvalue weighted by atomic mass is 15.1. The average molecular weight is 225 g/mol. The third kappa shape index (κ3) is 4.88. The molecule has 1 saturated carbocycles. The van der Waals surface area contributed by atoms with E-state index in [1.165, 1.54) is 38.5 Å². The van der Waals surface area contributed by atoms with Crippen LogP contribution in [0, 0.1) is 5.92 Å². The second-order valence-corrected chi connectivity index (χ2v) is 4.87. The van der Waals surface area contributed by atoms with Gasteiger partial charge in [0.15, 0.2) is 0 Å². The van der Waals surface area contributed by atoms with E-state index in [1.807, 2.05) is 14.1 Å². The van der Waals surface area contributed by atoms with E-state index in [0.29, 0.717) is 6.04 Å². The van der Waals surface area contributed by atoms with Gasteiger partial charge in [0.2, 0.25) is 0 Å². The fourth-order valence-corrected chi connectivity index (χ4v) is 2.58. The third-order valence-corrected chi connectivity index (χ3v) is 3.47. The van der Waals surface area contributed by atoms with Gasteiger partial charge in [-0.15, -0.1) is 0 Å². The van der Waals surface area contributed by atoms with E-state index in [0.717, 1.165) is 18.3 Å². The van der Waals surface area contributed by atoms with Crippen LogP contribution < -0.4 is 16.0 Å². The Balaban J connectivity index is 2.33. The average Bonchev–Trinajstić information content (AvgIpc) is 2.30. The van der Waals surface area contributed by atoms with Crippen molar-refractivity contribution in [3.8, 4) is 0 Å². The van der Waals surface area contributed by atoms with Crippen molar-refractivity contribution in [1.29, 1.82) is 0 Å². The molecule has 0 aromatic carbocycles. The molecule has 0 radical (unpaired) electrons. The molecule has 0 spiro atoms. The van der Waals surface area contributed by atoms with Crippen LogP contribution >= 0.6 is 0 Å². The Labute approximate surface area is 100 Å². The highest BCUT2D eigenvalue weighted by Crippen LogP contribution is 2.27. The summed E-state index contributed by atoms with van der Waals surface area (Å²) in [7, 11) is 3.92. The highest BCUT2D eigenvalue weighted by Gasteiger charge is 2.18. The quantitative estimate of drug-likeness (QED) is 0.618. The van der Waals surface area contributed by atoms with E-state index < -0.39 is 0 Å². The Hall–Kier alpha value is -0.700. The van der Waals surface area contributed by atoms with E-state index in [1.54, 1.807) is 0 Å². The van der Waals surface area contributed by atoms with E-state index >= 15 is 0 Å². The van der Waals surface area contributed by atoms with Crippen molar-refractivity contribution in [3.05, 3.63) is 12.4 Å². The van der Waals surface area contributed by atoms with Gasteiger partial charge in [-0.1, -0.05) is 38.7 Å². The number of hydrogen-bond donors (Lipinski definition) is 3. The Kier molecular flexibility index (Phi) is 6.31. The molecule has 0 aliphatic heterocycles. The van der Waals surface area contributed by atoms with Gasteiger partial charge in [-0.2, -0.15) is 0 Å². The molecule has 1 fully saturated rings. The predicted octanol–water partition coefficient (Wildman–Crippen LogP) is 1.82. The third-order valence-electron chi connectivity index (χ3n) is 3.47. The van der Waals surface area contributed by atoms with Crippen molar-refractivity contribution in [2.45, 2.75) is 44.6 Å². The Morgan fingerprint density at radius 1 is 1.25 bits per heavy atom. The Morgan fingerprint density at radius 2 is 1.94 bits per heavy atom. The lowest BCUT2D eigenvalue weighted by molar-refractivity contribution is 0.300. The molecule has 3 N–H and O–H groups in total. The largest absolute Gasteiger partial charge is 0.375 e. The Bertz CT molecular complexity index is 197. The van der Waals surface area contributed by atoms with Gasteiger partial charge in [0, 0.05) is 19.6 Å². The second kappa shape index (κ2) is 7.55. The molecule has 94 valence electrons. The summed E-state index contributed by atoms with van der Waals surface area (Å²) in [5.41, 5.74) is 0. The fraction of sp³-hybridized carbons (Fsp3) is 0.846. The maximum atomic E-state index is 3.94. The minimum absolute atomic E-state index is 0.507. The molecular formula is C13H27N3. The molecule has 3 heteroatoms. The summed E-state index contributed by atoms with van der Waals surface area (Å²) in [6.07, 6.45) is 8.36. The molecule has 1 aliphatic rings. The smallest absolute Gasteiger partial charge is 0.0912 e. The van der Waals surface area contributed by atoms with Crippen LogP contribution in [0.15, 0.2) is 12.4 Å². The lowest BCUT2D eigenvalue weighted by Gasteiger charge is -2.28. The number of likely N-dealkylation sites (N-methyl/N-ethyl adjacent to an activating group) is 1. The SMILES string of the molecule is C=C(NC)N[C@H](CNC)CC1CCCCC1. The van der Waals surface area contributed by atoms with Gasteiger partial charge in [0.05, 0.1) is 5.82 Å². The van der Waals surface area contributed by atoms with Crippen molar-refractivity contribution < 1.29 is 0 Å². The van der Waals surface area contributed by atoms with Gasteiger partial charge in [0.25, 0.3) is 0 Å². The van der Waals surface area contributed by atoms with Crippen molar-refractivity contribution in [2.75, 3.05) is 20.6 Å². The van der Waals surface area contributed by atoms with Crippen molar-refractivity contribution in [2.24, 2.45) is 5.92 Å². The van der Waals surface area contributed by atoms with Crippen molar-refractivity contribution in [1.82, 2.24) is 16.0 Å². The molecule has 0 unspecified atom stereocenters. The van der Waals surface area contributed by atoms with Crippen molar-refractivity contribution >= 4 is 0 Å².